The second-order valence-corrected chi connectivity index (χ2v) is 5.73. The molecule has 0 aliphatic heterocycles. The summed E-state index contributed by atoms with van der Waals surface area (Å²) in [7, 11) is 0. The van der Waals surface area contributed by atoms with E-state index >= 15 is 0 Å². The van der Waals surface area contributed by atoms with Gasteiger partial charge in [-0.05, 0) is 56.2 Å². The van der Waals surface area contributed by atoms with E-state index in [4.69, 9.17) is 5.73 Å². The summed E-state index contributed by atoms with van der Waals surface area (Å²) in [5.41, 5.74) is 7.29. The predicted octanol–water partition coefficient (Wildman–Crippen LogP) is 3.07. The average molecular weight is 209 g/mol. The van der Waals surface area contributed by atoms with Crippen molar-refractivity contribution in [3.63, 3.8) is 0 Å². The fourth-order valence-electron chi connectivity index (χ4n) is 2.53. The van der Waals surface area contributed by atoms with Gasteiger partial charge in [-0.1, -0.05) is 6.92 Å². The number of nitrogens with two attached hydrogens (primary N) is 1. The molecule has 0 fully saturated rings. The summed E-state index contributed by atoms with van der Waals surface area (Å²) in [6.45, 7) is 5.41. The Balaban J connectivity index is 2.30. The normalized spacial score (nSPS) is 26.2. The number of thiophene rings is 1. The van der Waals surface area contributed by atoms with Crippen molar-refractivity contribution < 1.29 is 0 Å². The molecule has 0 saturated heterocycles. The van der Waals surface area contributed by atoms with E-state index in [9.17, 15) is 0 Å². The molecular formula is C12H19NS. The van der Waals surface area contributed by atoms with Gasteiger partial charge in [0.25, 0.3) is 0 Å². The van der Waals surface area contributed by atoms with Crippen LogP contribution in [0.5, 0.6) is 0 Å². The Morgan fingerprint density at radius 3 is 3.07 bits per heavy atom. The molecule has 14 heavy (non-hydrogen) atoms. The molecule has 0 amide bonds. The van der Waals surface area contributed by atoms with Gasteiger partial charge >= 0.3 is 0 Å². The van der Waals surface area contributed by atoms with Gasteiger partial charge in [0.2, 0.25) is 0 Å². The molecule has 1 aromatic rings. The average Bonchev–Trinajstić information content (AvgIpc) is 2.51. The van der Waals surface area contributed by atoms with E-state index in [-0.39, 0.29) is 0 Å². The second-order valence-electron chi connectivity index (χ2n) is 4.45. The minimum Gasteiger partial charge on any atom is -0.330 e. The van der Waals surface area contributed by atoms with E-state index in [0.717, 1.165) is 24.8 Å². The SMILES string of the molecule is Cc1cc2c(s1)C(CCN)C(C)CC2. The van der Waals surface area contributed by atoms with Crippen molar-refractivity contribution in [2.45, 2.75) is 39.0 Å². The maximum Gasteiger partial charge on any atom is 0.0114 e. The number of hydrogen-bond donors (Lipinski definition) is 1. The lowest BCUT2D eigenvalue weighted by molar-refractivity contribution is 0.394. The predicted molar refractivity (Wildman–Crippen MR) is 63.0 cm³/mol. The van der Waals surface area contributed by atoms with Crippen molar-refractivity contribution in [1.29, 1.82) is 0 Å². The quantitative estimate of drug-likeness (QED) is 0.796. The van der Waals surface area contributed by atoms with Gasteiger partial charge < -0.3 is 5.73 Å². The fraction of sp³-hybridized carbons (Fsp3) is 0.667. The first-order valence-electron chi connectivity index (χ1n) is 5.51. The summed E-state index contributed by atoms with van der Waals surface area (Å²) >= 11 is 1.99. The molecule has 0 spiro atoms. The molecule has 1 heterocycles. The van der Waals surface area contributed by atoms with Gasteiger partial charge in [0, 0.05) is 9.75 Å². The van der Waals surface area contributed by atoms with E-state index in [1.54, 1.807) is 10.4 Å². The Morgan fingerprint density at radius 2 is 2.36 bits per heavy atom. The van der Waals surface area contributed by atoms with Crippen LogP contribution in [0.15, 0.2) is 6.07 Å². The first kappa shape index (κ1) is 10.2. The molecular weight excluding hydrogens is 190 g/mol. The van der Waals surface area contributed by atoms with Crippen LogP contribution in [0, 0.1) is 12.8 Å². The van der Waals surface area contributed by atoms with E-state index in [2.05, 4.69) is 19.9 Å². The maximum atomic E-state index is 5.69. The van der Waals surface area contributed by atoms with Crippen molar-refractivity contribution in [3.8, 4) is 0 Å². The third-order valence-corrected chi connectivity index (χ3v) is 4.56. The van der Waals surface area contributed by atoms with Crippen LogP contribution in [0.3, 0.4) is 0 Å². The number of rotatable bonds is 2. The summed E-state index contributed by atoms with van der Waals surface area (Å²) in [5.74, 6) is 1.56. The molecule has 0 saturated carbocycles. The molecule has 1 aromatic heterocycles. The van der Waals surface area contributed by atoms with Crippen LogP contribution >= 0.6 is 11.3 Å². The molecule has 0 radical (unpaired) electrons. The van der Waals surface area contributed by atoms with Gasteiger partial charge in [-0.3, -0.25) is 0 Å². The number of hydrogen-bond acceptors (Lipinski definition) is 2. The third kappa shape index (κ3) is 1.73. The first-order valence-corrected chi connectivity index (χ1v) is 6.33. The summed E-state index contributed by atoms with van der Waals surface area (Å²) in [5, 5.41) is 0. The zero-order chi connectivity index (χ0) is 10.1. The minimum absolute atomic E-state index is 0.738. The van der Waals surface area contributed by atoms with E-state index in [1.165, 1.54) is 17.7 Å². The van der Waals surface area contributed by atoms with Crippen molar-refractivity contribution in [1.82, 2.24) is 0 Å². The number of aryl methyl sites for hydroxylation is 2. The maximum absolute atomic E-state index is 5.69. The van der Waals surface area contributed by atoms with Gasteiger partial charge in [0.1, 0.15) is 0 Å². The van der Waals surface area contributed by atoms with Crippen LogP contribution in [-0.4, -0.2) is 6.54 Å². The van der Waals surface area contributed by atoms with E-state index in [0.29, 0.717) is 0 Å². The van der Waals surface area contributed by atoms with Gasteiger partial charge in [-0.2, -0.15) is 0 Å². The lowest BCUT2D eigenvalue weighted by Crippen LogP contribution is -2.19. The molecule has 78 valence electrons. The highest BCUT2D eigenvalue weighted by atomic mass is 32.1. The van der Waals surface area contributed by atoms with Crippen molar-refractivity contribution in [2.75, 3.05) is 6.54 Å². The van der Waals surface area contributed by atoms with Crippen molar-refractivity contribution >= 4 is 11.3 Å². The van der Waals surface area contributed by atoms with Crippen LogP contribution in [0.2, 0.25) is 0 Å². The minimum atomic E-state index is 0.738. The molecule has 2 rings (SSSR count). The topological polar surface area (TPSA) is 26.0 Å². The third-order valence-electron chi connectivity index (χ3n) is 3.34. The van der Waals surface area contributed by atoms with Gasteiger partial charge in [0.15, 0.2) is 0 Å². The zero-order valence-corrected chi connectivity index (χ0v) is 9.86. The lowest BCUT2D eigenvalue weighted by Gasteiger charge is -2.28. The van der Waals surface area contributed by atoms with E-state index in [1.807, 2.05) is 11.3 Å². The molecule has 2 N–H and O–H groups in total. The van der Waals surface area contributed by atoms with Crippen LogP contribution in [0.4, 0.5) is 0 Å². The Hall–Kier alpha value is -0.340. The molecule has 1 nitrogen and oxygen atoms in total. The molecule has 0 bridgehead atoms. The second kappa shape index (κ2) is 4.03. The highest BCUT2D eigenvalue weighted by Gasteiger charge is 2.27. The fourth-order valence-corrected chi connectivity index (χ4v) is 3.87. The van der Waals surface area contributed by atoms with E-state index < -0.39 is 0 Å². The molecule has 2 atom stereocenters. The Bertz CT molecular complexity index is 316. The summed E-state index contributed by atoms with van der Waals surface area (Å²) in [4.78, 5) is 3.10. The Morgan fingerprint density at radius 1 is 1.57 bits per heavy atom. The van der Waals surface area contributed by atoms with Gasteiger partial charge in [-0.15, -0.1) is 11.3 Å². The highest BCUT2D eigenvalue weighted by Crippen LogP contribution is 2.42. The molecule has 1 aliphatic rings. The van der Waals surface area contributed by atoms with Crippen LogP contribution in [0.1, 0.15) is 41.0 Å². The molecule has 2 unspecified atom stereocenters. The largest absolute Gasteiger partial charge is 0.330 e. The number of fused-ring (bicyclic) bond motifs is 1. The summed E-state index contributed by atoms with van der Waals surface area (Å²) < 4.78 is 0. The van der Waals surface area contributed by atoms with Gasteiger partial charge in [0.05, 0.1) is 0 Å². The van der Waals surface area contributed by atoms with Crippen molar-refractivity contribution in [3.05, 3.63) is 21.4 Å². The lowest BCUT2D eigenvalue weighted by atomic mass is 9.79. The van der Waals surface area contributed by atoms with Crippen molar-refractivity contribution in [2.24, 2.45) is 11.7 Å². The standard InChI is InChI=1S/C12H19NS/c1-8-3-4-10-7-9(2)14-12(10)11(8)5-6-13/h7-8,11H,3-6,13H2,1-2H3. The first-order chi connectivity index (χ1) is 6.72. The monoisotopic (exact) mass is 209 g/mol. The van der Waals surface area contributed by atoms with Crippen LogP contribution in [-0.2, 0) is 6.42 Å². The Labute approximate surface area is 90.3 Å². The zero-order valence-electron chi connectivity index (χ0n) is 9.05. The van der Waals surface area contributed by atoms with Crippen LogP contribution in [0.25, 0.3) is 0 Å². The smallest absolute Gasteiger partial charge is 0.0114 e. The Kier molecular flexibility index (Phi) is 2.93. The molecule has 2 heteroatoms. The molecule has 0 aromatic carbocycles. The summed E-state index contributed by atoms with van der Waals surface area (Å²) in [6, 6.07) is 2.37. The highest BCUT2D eigenvalue weighted by molar-refractivity contribution is 7.12. The molecule has 1 aliphatic carbocycles. The van der Waals surface area contributed by atoms with Crippen LogP contribution < -0.4 is 5.73 Å². The summed E-state index contributed by atoms with van der Waals surface area (Å²) in [6.07, 6.45) is 3.78. The van der Waals surface area contributed by atoms with Gasteiger partial charge in [-0.25, -0.2) is 0 Å².